The predicted octanol–water partition coefficient (Wildman–Crippen LogP) is 2.80. The van der Waals surface area contributed by atoms with E-state index in [0.717, 1.165) is 6.54 Å². The fourth-order valence-corrected chi connectivity index (χ4v) is 2.21. The molecule has 0 bridgehead atoms. The van der Waals surface area contributed by atoms with Crippen LogP contribution in [0.5, 0.6) is 0 Å². The van der Waals surface area contributed by atoms with Gasteiger partial charge in [0.2, 0.25) is 0 Å². The highest BCUT2D eigenvalue weighted by molar-refractivity contribution is 5.80. The van der Waals surface area contributed by atoms with Gasteiger partial charge in [0.05, 0.1) is 11.4 Å². The zero-order chi connectivity index (χ0) is 9.54. The lowest BCUT2D eigenvalue weighted by atomic mass is 10.0. The Morgan fingerprint density at radius 2 is 2.21 bits per heavy atom. The molecule has 0 amide bonds. The van der Waals surface area contributed by atoms with Crippen molar-refractivity contribution in [2.75, 3.05) is 16.8 Å². The van der Waals surface area contributed by atoms with Gasteiger partial charge in [-0.25, -0.2) is 0 Å². The molecule has 0 saturated heterocycles. The molecule has 1 aromatic carbocycles. The minimum Gasteiger partial charge on any atom is -0.340 e. The van der Waals surface area contributed by atoms with Crippen LogP contribution in [0.1, 0.15) is 13.3 Å². The number of nitrogens with one attached hydrogen (secondary N) is 1. The zero-order valence-electron chi connectivity index (χ0n) is 8.33. The van der Waals surface area contributed by atoms with E-state index in [1.807, 2.05) is 0 Å². The number of para-hydroxylation sites is 2. The van der Waals surface area contributed by atoms with E-state index in [9.17, 15) is 0 Å². The fourth-order valence-electron chi connectivity index (χ4n) is 2.21. The summed E-state index contributed by atoms with van der Waals surface area (Å²) in [4.78, 5) is 2.37. The van der Waals surface area contributed by atoms with Crippen molar-refractivity contribution in [1.82, 2.24) is 0 Å². The maximum Gasteiger partial charge on any atom is 0.106 e. The van der Waals surface area contributed by atoms with Crippen LogP contribution < -0.4 is 10.2 Å². The van der Waals surface area contributed by atoms with Crippen molar-refractivity contribution in [3.8, 4) is 0 Å². The number of nitrogens with zero attached hydrogens (tertiary/aromatic N) is 1. The van der Waals surface area contributed by atoms with Crippen LogP contribution >= 0.6 is 0 Å². The van der Waals surface area contributed by atoms with E-state index in [-0.39, 0.29) is 0 Å². The van der Waals surface area contributed by atoms with Crippen molar-refractivity contribution in [2.24, 2.45) is 5.92 Å². The van der Waals surface area contributed by atoms with Gasteiger partial charge in [0.1, 0.15) is 5.82 Å². The topological polar surface area (TPSA) is 15.3 Å². The van der Waals surface area contributed by atoms with E-state index < -0.39 is 0 Å². The molecule has 1 atom stereocenters. The first-order valence-electron chi connectivity index (χ1n) is 5.20. The highest BCUT2D eigenvalue weighted by Crippen LogP contribution is 2.38. The summed E-state index contributed by atoms with van der Waals surface area (Å²) in [5, 5.41) is 3.45. The normalized spacial score (nSPS) is 23.6. The molecule has 2 heterocycles. The molecular weight excluding hydrogens is 172 g/mol. The number of benzene rings is 1. The van der Waals surface area contributed by atoms with Gasteiger partial charge in [0.25, 0.3) is 0 Å². The van der Waals surface area contributed by atoms with Gasteiger partial charge >= 0.3 is 0 Å². The molecule has 0 aromatic heterocycles. The van der Waals surface area contributed by atoms with Crippen molar-refractivity contribution < 1.29 is 0 Å². The molecule has 0 saturated carbocycles. The van der Waals surface area contributed by atoms with E-state index in [2.05, 4.69) is 47.5 Å². The third-order valence-corrected chi connectivity index (χ3v) is 3.00. The van der Waals surface area contributed by atoms with E-state index in [1.54, 1.807) is 0 Å². The Kier molecular flexibility index (Phi) is 1.57. The summed E-state index contributed by atoms with van der Waals surface area (Å²) in [7, 11) is 0. The number of anilines is 2. The minimum atomic E-state index is 0.697. The molecule has 72 valence electrons. The molecule has 2 aliphatic rings. The van der Waals surface area contributed by atoms with Gasteiger partial charge in [0.15, 0.2) is 0 Å². The van der Waals surface area contributed by atoms with Crippen molar-refractivity contribution in [3.05, 3.63) is 36.2 Å². The largest absolute Gasteiger partial charge is 0.340 e. The minimum absolute atomic E-state index is 0.697. The molecule has 2 aliphatic heterocycles. The molecule has 1 unspecified atom stereocenters. The van der Waals surface area contributed by atoms with Crippen LogP contribution in [0, 0.1) is 5.92 Å². The van der Waals surface area contributed by atoms with Crippen LogP contribution in [-0.2, 0) is 0 Å². The number of fused-ring (bicyclic) bond motifs is 3. The van der Waals surface area contributed by atoms with Gasteiger partial charge in [-0.3, -0.25) is 0 Å². The van der Waals surface area contributed by atoms with Crippen LogP contribution in [0.4, 0.5) is 11.4 Å². The van der Waals surface area contributed by atoms with Crippen LogP contribution in [0.2, 0.25) is 0 Å². The van der Waals surface area contributed by atoms with E-state index in [1.165, 1.54) is 23.6 Å². The molecule has 2 nitrogen and oxygen atoms in total. The summed E-state index contributed by atoms with van der Waals surface area (Å²) < 4.78 is 0. The Balaban J connectivity index is 2.07. The second kappa shape index (κ2) is 2.77. The first kappa shape index (κ1) is 7.92. The summed E-state index contributed by atoms with van der Waals surface area (Å²) in [5.41, 5.74) is 2.57. The van der Waals surface area contributed by atoms with Gasteiger partial charge < -0.3 is 10.2 Å². The first-order chi connectivity index (χ1) is 6.84. The molecule has 0 fully saturated rings. The molecule has 0 aliphatic carbocycles. The summed E-state index contributed by atoms with van der Waals surface area (Å²) in [6.45, 7) is 3.41. The Morgan fingerprint density at radius 1 is 1.36 bits per heavy atom. The predicted molar refractivity (Wildman–Crippen MR) is 59.3 cm³/mol. The summed E-state index contributed by atoms with van der Waals surface area (Å²) in [6.07, 6.45) is 3.57. The average Bonchev–Trinajstić information content (AvgIpc) is 2.54. The fraction of sp³-hybridized carbons (Fsp3) is 0.333. The van der Waals surface area contributed by atoms with Gasteiger partial charge in [-0.1, -0.05) is 19.1 Å². The Labute approximate surface area is 84.2 Å². The Hall–Kier alpha value is -1.44. The van der Waals surface area contributed by atoms with Gasteiger partial charge in [-0.2, -0.15) is 0 Å². The molecule has 2 heteroatoms. The van der Waals surface area contributed by atoms with Crippen molar-refractivity contribution in [3.63, 3.8) is 0 Å². The molecule has 1 aromatic rings. The van der Waals surface area contributed by atoms with E-state index in [4.69, 9.17) is 0 Å². The third kappa shape index (κ3) is 1.03. The summed E-state index contributed by atoms with van der Waals surface area (Å²) >= 11 is 0. The first-order valence-corrected chi connectivity index (χ1v) is 5.20. The van der Waals surface area contributed by atoms with Crippen LogP contribution in [0.25, 0.3) is 0 Å². The van der Waals surface area contributed by atoms with Crippen molar-refractivity contribution in [2.45, 2.75) is 13.3 Å². The Morgan fingerprint density at radius 3 is 3.14 bits per heavy atom. The number of allylic oxidation sites excluding steroid dienone is 1. The molecule has 3 rings (SSSR count). The lowest BCUT2D eigenvalue weighted by Crippen LogP contribution is -2.27. The van der Waals surface area contributed by atoms with Gasteiger partial charge in [-0.15, -0.1) is 0 Å². The third-order valence-electron chi connectivity index (χ3n) is 3.00. The highest BCUT2D eigenvalue weighted by atomic mass is 15.3. The highest BCUT2D eigenvalue weighted by Gasteiger charge is 2.26. The smallest absolute Gasteiger partial charge is 0.106 e. The SMILES string of the molecule is CC1C=C2Nc3ccccc3N2CC1. The van der Waals surface area contributed by atoms with Crippen molar-refractivity contribution in [1.29, 1.82) is 0 Å². The average molecular weight is 186 g/mol. The number of hydrogen-bond acceptors (Lipinski definition) is 2. The molecule has 0 spiro atoms. The van der Waals surface area contributed by atoms with E-state index >= 15 is 0 Å². The second-order valence-electron chi connectivity index (χ2n) is 4.11. The molecule has 1 N–H and O–H groups in total. The zero-order valence-corrected chi connectivity index (χ0v) is 8.33. The number of hydrogen-bond donors (Lipinski definition) is 1. The standard InChI is InChI=1S/C12H14N2/c1-9-6-7-14-11-5-3-2-4-10(11)13-12(14)8-9/h2-5,8-9,13H,6-7H2,1H3. The lowest BCUT2D eigenvalue weighted by Gasteiger charge is -2.26. The van der Waals surface area contributed by atoms with Crippen LogP contribution in [0.3, 0.4) is 0 Å². The van der Waals surface area contributed by atoms with Crippen LogP contribution in [0.15, 0.2) is 36.2 Å². The molecule has 14 heavy (non-hydrogen) atoms. The van der Waals surface area contributed by atoms with Gasteiger partial charge in [0, 0.05) is 6.54 Å². The lowest BCUT2D eigenvalue weighted by molar-refractivity contribution is 0.612. The maximum absolute atomic E-state index is 3.45. The molecular formula is C12H14N2. The maximum atomic E-state index is 3.45. The quantitative estimate of drug-likeness (QED) is 0.670. The second-order valence-corrected chi connectivity index (χ2v) is 4.11. The van der Waals surface area contributed by atoms with E-state index in [0.29, 0.717) is 5.92 Å². The Bertz CT molecular complexity index is 395. The number of rotatable bonds is 0. The van der Waals surface area contributed by atoms with Crippen LogP contribution in [-0.4, -0.2) is 6.54 Å². The van der Waals surface area contributed by atoms with Gasteiger partial charge in [-0.05, 0) is 30.5 Å². The molecule has 0 radical (unpaired) electrons. The van der Waals surface area contributed by atoms with Crippen molar-refractivity contribution >= 4 is 11.4 Å². The summed E-state index contributed by atoms with van der Waals surface area (Å²) in [6, 6.07) is 8.49. The monoisotopic (exact) mass is 186 g/mol. The summed E-state index contributed by atoms with van der Waals surface area (Å²) in [5.74, 6) is 1.97.